The minimum atomic E-state index is -0.104. The third-order valence-electron chi connectivity index (χ3n) is 6.51. The molecule has 1 aromatic heterocycles. The molecule has 2 fully saturated rings. The third-order valence-corrected chi connectivity index (χ3v) is 6.51. The molecule has 8 nitrogen and oxygen atoms in total. The molecule has 2 saturated heterocycles. The van der Waals surface area contributed by atoms with Crippen LogP contribution in [0.3, 0.4) is 0 Å². The standard InChI is InChI=1S/C24H38N4O4/c1-16-12-28(13-17(2)32-16)23-25-11-19-20(9-24(3,4)10-21(19)27-23)26-22(29)15-30-14-18-7-5-6-8-31-18/h11,16-18,20H,5-10,12-15H2,1-4H3,(H,26,29)/t16-,17-,18+,20+/m1/s1. The van der Waals surface area contributed by atoms with Crippen LogP contribution in [0.2, 0.25) is 0 Å². The van der Waals surface area contributed by atoms with Gasteiger partial charge in [-0.05, 0) is 51.4 Å². The maximum atomic E-state index is 12.6. The normalized spacial score (nSPS) is 29.9. The average Bonchev–Trinajstić information content (AvgIpc) is 2.72. The second kappa shape index (κ2) is 10.0. The molecule has 1 amide bonds. The lowest BCUT2D eigenvalue weighted by Gasteiger charge is -2.38. The molecule has 3 aliphatic rings. The molecule has 0 aromatic carbocycles. The van der Waals surface area contributed by atoms with E-state index < -0.39 is 0 Å². The molecule has 0 spiro atoms. The van der Waals surface area contributed by atoms with Gasteiger partial charge in [0.1, 0.15) is 6.61 Å². The van der Waals surface area contributed by atoms with Gasteiger partial charge in [0, 0.05) is 31.5 Å². The lowest BCUT2D eigenvalue weighted by atomic mass is 9.74. The predicted octanol–water partition coefficient (Wildman–Crippen LogP) is 2.81. The summed E-state index contributed by atoms with van der Waals surface area (Å²) in [7, 11) is 0. The van der Waals surface area contributed by atoms with Crippen molar-refractivity contribution < 1.29 is 19.0 Å². The maximum Gasteiger partial charge on any atom is 0.246 e. The van der Waals surface area contributed by atoms with E-state index in [0.29, 0.717) is 6.61 Å². The predicted molar refractivity (Wildman–Crippen MR) is 122 cm³/mol. The Kier molecular flexibility index (Phi) is 7.32. The highest BCUT2D eigenvalue weighted by Crippen LogP contribution is 2.40. The fraction of sp³-hybridized carbons (Fsp3) is 0.792. The summed E-state index contributed by atoms with van der Waals surface area (Å²) in [6.07, 6.45) is 7.33. The van der Waals surface area contributed by atoms with Gasteiger partial charge in [-0.1, -0.05) is 13.8 Å². The highest BCUT2D eigenvalue weighted by atomic mass is 16.5. The Hall–Kier alpha value is -1.77. The van der Waals surface area contributed by atoms with E-state index in [4.69, 9.17) is 19.2 Å². The van der Waals surface area contributed by atoms with Gasteiger partial charge >= 0.3 is 0 Å². The summed E-state index contributed by atoms with van der Waals surface area (Å²) in [5.74, 6) is 0.652. The number of rotatable bonds is 6. The third kappa shape index (κ3) is 5.97. The summed E-state index contributed by atoms with van der Waals surface area (Å²) in [6, 6.07) is -0.104. The molecule has 178 valence electrons. The summed E-state index contributed by atoms with van der Waals surface area (Å²) in [5, 5.41) is 3.16. The minimum Gasteiger partial charge on any atom is -0.376 e. The molecule has 0 unspecified atom stereocenters. The fourth-order valence-corrected chi connectivity index (χ4v) is 5.12. The Balaban J connectivity index is 1.40. The number of anilines is 1. The van der Waals surface area contributed by atoms with E-state index in [9.17, 15) is 4.79 Å². The lowest BCUT2D eigenvalue weighted by molar-refractivity contribution is -0.128. The van der Waals surface area contributed by atoms with Crippen LogP contribution in [0.5, 0.6) is 0 Å². The molecule has 3 heterocycles. The van der Waals surface area contributed by atoms with Crippen molar-refractivity contribution in [3.8, 4) is 0 Å². The molecule has 4 atom stereocenters. The van der Waals surface area contributed by atoms with Crippen molar-refractivity contribution in [1.82, 2.24) is 15.3 Å². The number of carbonyl (C=O) groups excluding carboxylic acids is 1. The number of morpholine rings is 1. The number of aromatic nitrogens is 2. The van der Waals surface area contributed by atoms with Gasteiger partial charge in [-0.15, -0.1) is 0 Å². The molecule has 1 aromatic rings. The number of nitrogens with zero attached hydrogens (tertiary/aromatic N) is 3. The monoisotopic (exact) mass is 446 g/mol. The molecular formula is C24H38N4O4. The van der Waals surface area contributed by atoms with Gasteiger partial charge in [0.2, 0.25) is 11.9 Å². The molecular weight excluding hydrogens is 408 g/mol. The van der Waals surface area contributed by atoms with Gasteiger partial charge in [-0.2, -0.15) is 0 Å². The van der Waals surface area contributed by atoms with Crippen LogP contribution in [-0.2, 0) is 25.4 Å². The van der Waals surface area contributed by atoms with Crippen molar-refractivity contribution in [2.24, 2.45) is 5.41 Å². The number of nitrogens with one attached hydrogen (secondary N) is 1. The van der Waals surface area contributed by atoms with Crippen molar-refractivity contribution in [2.75, 3.05) is 37.8 Å². The molecule has 2 aliphatic heterocycles. The second-order valence-electron chi connectivity index (χ2n) is 10.4. The van der Waals surface area contributed by atoms with Crippen molar-refractivity contribution in [2.45, 2.75) is 84.2 Å². The van der Waals surface area contributed by atoms with Crippen molar-refractivity contribution >= 4 is 11.9 Å². The molecule has 1 aliphatic carbocycles. The van der Waals surface area contributed by atoms with E-state index >= 15 is 0 Å². The SMILES string of the molecule is C[C@@H]1CN(c2ncc3c(n2)CC(C)(C)C[C@@H]3NC(=O)COC[C@@H]2CCCCO2)C[C@@H](C)O1. The zero-order valence-corrected chi connectivity index (χ0v) is 19.9. The van der Waals surface area contributed by atoms with Gasteiger partial charge in [0.25, 0.3) is 0 Å². The fourth-order valence-electron chi connectivity index (χ4n) is 5.12. The van der Waals surface area contributed by atoms with Crippen LogP contribution in [0.25, 0.3) is 0 Å². The topological polar surface area (TPSA) is 85.8 Å². The van der Waals surface area contributed by atoms with Crippen LogP contribution in [0.4, 0.5) is 5.95 Å². The lowest BCUT2D eigenvalue weighted by Crippen LogP contribution is -2.46. The number of hydrogen-bond donors (Lipinski definition) is 1. The smallest absolute Gasteiger partial charge is 0.246 e. The van der Waals surface area contributed by atoms with E-state index in [1.807, 2.05) is 6.20 Å². The zero-order chi connectivity index (χ0) is 22.7. The molecule has 4 rings (SSSR count). The Labute approximate surface area is 191 Å². The van der Waals surface area contributed by atoms with Crippen LogP contribution in [0.15, 0.2) is 6.20 Å². The Morgan fingerprint density at radius 3 is 2.78 bits per heavy atom. The number of amides is 1. The Bertz CT molecular complexity index is 786. The maximum absolute atomic E-state index is 12.6. The van der Waals surface area contributed by atoms with Crippen molar-refractivity contribution in [3.63, 3.8) is 0 Å². The van der Waals surface area contributed by atoms with Gasteiger partial charge in [0.05, 0.1) is 36.7 Å². The van der Waals surface area contributed by atoms with E-state index in [2.05, 4.69) is 42.9 Å². The van der Waals surface area contributed by atoms with Gasteiger partial charge in [-0.3, -0.25) is 4.79 Å². The van der Waals surface area contributed by atoms with Crippen molar-refractivity contribution in [1.29, 1.82) is 0 Å². The van der Waals surface area contributed by atoms with E-state index in [-0.39, 0.29) is 42.3 Å². The largest absolute Gasteiger partial charge is 0.376 e. The van der Waals surface area contributed by atoms with Crippen LogP contribution in [0, 0.1) is 5.41 Å². The van der Waals surface area contributed by atoms with Crippen LogP contribution in [-0.4, -0.2) is 67.1 Å². The summed E-state index contributed by atoms with van der Waals surface area (Å²) in [6.45, 7) is 11.5. The Morgan fingerprint density at radius 2 is 2.06 bits per heavy atom. The van der Waals surface area contributed by atoms with Gasteiger partial charge in [-0.25, -0.2) is 9.97 Å². The van der Waals surface area contributed by atoms with Crippen molar-refractivity contribution in [3.05, 3.63) is 17.5 Å². The summed E-state index contributed by atoms with van der Waals surface area (Å²) in [5.41, 5.74) is 2.09. The van der Waals surface area contributed by atoms with Crippen LogP contribution < -0.4 is 10.2 Å². The Morgan fingerprint density at radius 1 is 1.28 bits per heavy atom. The number of hydrogen-bond acceptors (Lipinski definition) is 7. The quantitative estimate of drug-likeness (QED) is 0.719. The van der Waals surface area contributed by atoms with Gasteiger partial charge < -0.3 is 24.4 Å². The first-order valence-corrected chi connectivity index (χ1v) is 12.0. The summed E-state index contributed by atoms with van der Waals surface area (Å²) < 4.78 is 17.2. The summed E-state index contributed by atoms with van der Waals surface area (Å²) in [4.78, 5) is 24.4. The molecule has 8 heteroatoms. The van der Waals surface area contributed by atoms with E-state index in [0.717, 1.165) is 62.6 Å². The second-order valence-corrected chi connectivity index (χ2v) is 10.4. The molecule has 32 heavy (non-hydrogen) atoms. The molecule has 0 radical (unpaired) electrons. The molecule has 0 bridgehead atoms. The first-order valence-electron chi connectivity index (χ1n) is 12.0. The van der Waals surface area contributed by atoms with E-state index in [1.165, 1.54) is 6.42 Å². The number of fused-ring (bicyclic) bond motifs is 1. The number of ether oxygens (including phenoxy) is 3. The first kappa shape index (κ1) is 23.4. The van der Waals surface area contributed by atoms with E-state index in [1.54, 1.807) is 0 Å². The minimum absolute atomic E-state index is 0.0406. The summed E-state index contributed by atoms with van der Waals surface area (Å²) >= 11 is 0. The van der Waals surface area contributed by atoms with Crippen LogP contribution in [0.1, 0.15) is 70.7 Å². The first-order chi connectivity index (χ1) is 15.3. The highest BCUT2D eigenvalue weighted by Gasteiger charge is 2.35. The zero-order valence-electron chi connectivity index (χ0n) is 19.9. The molecule has 0 saturated carbocycles. The highest BCUT2D eigenvalue weighted by molar-refractivity contribution is 5.77. The molecule has 1 N–H and O–H groups in total. The van der Waals surface area contributed by atoms with Gasteiger partial charge in [0.15, 0.2) is 0 Å². The van der Waals surface area contributed by atoms with Crippen LogP contribution >= 0.6 is 0 Å². The average molecular weight is 447 g/mol. The number of carbonyl (C=O) groups is 1.